The number of rotatable bonds is 4. The van der Waals surface area contributed by atoms with Gasteiger partial charge in [-0.1, -0.05) is 19.1 Å². The van der Waals surface area contributed by atoms with E-state index in [0.717, 1.165) is 0 Å². The van der Waals surface area contributed by atoms with E-state index in [9.17, 15) is 9.59 Å². The molecule has 6 heteroatoms. The molecule has 0 aliphatic heterocycles. The average Bonchev–Trinajstić information content (AvgIpc) is 2.48. The molecule has 2 aromatic rings. The van der Waals surface area contributed by atoms with Crippen molar-refractivity contribution in [2.24, 2.45) is 0 Å². The molecule has 1 heterocycles. The Hall–Kier alpha value is -1.88. The van der Waals surface area contributed by atoms with Crippen molar-refractivity contribution < 1.29 is 9.53 Å². The molecule has 0 fully saturated rings. The number of hydrogen-bond donors (Lipinski definition) is 0. The van der Waals surface area contributed by atoms with E-state index < -0.39 is 11.3 Å². The lowest BCUT2D eigenvalue weighted by atomic mass is 10.2. The fourth-order valence-electron chi connectivity index (χ4n) is 1.95. The number of ether oxygens (including phenoxy) is 1. The Bertz CT molecular complexity index is 696. The van der Waals surface area contributed by atoms with Gasteiger partial charge in [-0.15, -0.1) is 11.6 Å². The summed E-state index contributed by atoms with van der Waals surface area (Å²) in [6.07, 6.45) is 0.605. The highest BCUT2D eigenvalue weighted by Crippen LogP contribution is 2.22. The highest BCUT2D eigenvalue weighted by molar-refractivity contribution is 6.20. The molecule has 0 radical (unpaired) electrons. The molecule has 0 amide bonds. The molecule has 1 aromatic carbocycles. The summed E-state index contributed by atoms with van der Waals surface area (Å²) in [7, 11) is 1.28. The number of aromatic nitrogens is 2. The zero-order chi connectivity index (χ0) is 14.7. The van der Waals surface area contributed by atoms with Gasteiger partial charge >= 0.3 is 5.97 Å². The predicted molar refractivity (Wildman–Crippen MR) is 76.9 cm³/mol. The summed E-state index contributed by atoms with van der Waals surface area (Å²) >= 11 is 6.22. The number of halogens is 1. The Morgan fingerprint density at radius 1 is 1.45 bits per heavy atom. The van der Waals surface area contributed by atoms with Gasteiger partial charge in [0.05, 0.1) is 23.4 Å². The molecule has 0 saturated heterocycles. The standard InChI is InChI=1S/C14H15ClN2O3/c1-3-10(15)13-16-11-7-5-4-6-9(11)14(19)17(13)8-12(18)20-2/h4-7,10H,3,8H2,1-2H3. The number of esters is 1. The second kappa shape index (κ2) is 6.05. The van der Waals surface area contributed by atoms with Crippen LogP contribution in [0.5, 0.6) is 0 Å². The highest BCUT2D eigenvalue weighted by atomic mass is 35.5. The quantitative estimate of drug-likeness (QED) is 0.641. The first-order valence-electron chi connectivity index (χ1n) is 6.28. The molecule has 106 valence electrons. The minimum Gasteiger partial charge on any atom is -0.468 e. The van der Waals surface area contributed by atoms with Gasteiger partial charge in [0, 0.05) is 0 Å². The van der Waals surface area contributed by atoms with Gasteiger partial charge in [-0.2, -0.15) is 0 Å². The molecule has 0 N–H and O–H groups in total. The lowest BCUT2D eigenvalue weighted by Crippen LogP contribution is -2.29. The Balaban J connectivity index is 2.70. The van der Waals surface area contributed by atoms with Crippen LogP contribution in [0.25, 0.3) is 10.9 Å². The normalized spacial score (nSPS) is 12.3. The second-order valence-corrected chi connectivity index (χ2v) is 4.86. The topological polar surface area (TPSA) is 61.2 Å². The Labute approximate surface area is 121 Å². The van der Waals surface area contributed by atoms with Crippen molar-refractivity contribution in [2.45, 2.75) is 25.3 Å². The van der Waals surface area contributed by atoms with E-state index in [2.05, 4.69) is 9.72 Å². The molecule has 20 heavy (non-hydrogen) atoms. The molecule has 0 aliphatic rings. The number of fused-ring (bicyclic) bond motifs is 1. The van der Waals surface area contributed by atoms with Crippen LogP contribution >= 0.6 is 11.6 Å². The lowest BCUT2D eigenvalue weighted by Gasteiger charge is -2.15. The van der Waals surface area contributed by atoms with Crippen LogP contribution in [0.1, 0.15) is 24.5 Å². The van der Waals surface area contributed by atoms with Crippen molar-refractivity contribution in [3.63, 3.8) is 0 Å². The van der Waals surface area contributed by atoms with E-state index in [1.165, 1.54) is 11.7 Å². The molecule has 1 atom stereocenters. The summed E-state index contributed by atoms with van der Waals surface area (Å²) in [6.45, 7) is 1.70. The fourth-order valence-corrected chi connectivity index (χ4v) is 2.12. The van der Waals surface area contributed by atoms with Crippen LogP contribution in [-0.4, -0.2) is 22.6 Å². The first-order chi connectivity index (χ1) is 9.58. The van der Waals surface area contributed by atoms with E-state index in [-0.39, 0.29) is 12.1 Å². The smallest absolute Gasteiger partial charge is 0.325 e. The molecule has 0 aliphatic carbocycles. The molecule has 2 rings (SSSR count). The summed E-state index contributed by atoms with van der Waals surface area (Å²) in [5, 5.41) is 0.0251. The Morgan fingerprint density at radius 3 is 2.80 bits per heavy atom. The second-order valence-electron chi connectivity index (χ2n) is 4.33. The first-order valence-corrected chi connectivity index (χ1v) is 6.72. The van der Waals surface area contributed by atoms with Gasteiger partial charge < -0.3 is 4.74 Å². The van der Waals surface area contributed by atoms with Crippen molar-refractivity contribution in [1.82, 2.24) is 9.55 Å². The summed E-state index contributed by atoms with van der Waals surface area (Å²) < 4.78 is 5.91. The van der Waals surface area contributed by atoms with Crippen molar-refractivity contribution in [1.29, 1.82) is 0 Å². The van der Waals surface area contributed by atoms with Gasteiger partial charge in [0.15, 0.2) is 0 Å². The highest BCUT2D eigenvalue weighted by Gasteiger charge is 2.18. The number of alkyl halides is 1. The number of carbonyl (C=O) groups excluding carboxylic acids is 1. The summed E-state index contributed by atoms with van der Waals surface area (Å²) in [4.78, 5) is 28.4. The number of para-hydroxylation sites is 1. The number of hydrogen-bond acceptors (Lipinski definition) is 4. The zero-order valence-electron chi connectivity index (χ0n) is 11.3. The van der Waals surface area contributed by atoms with E-state index >= 15 is 0 Å². The maximum absolute atomic E-state index is 12.5. The van der Waals surface area contributed by atoms with Crippen LogP contribution in [0.3, 0.4) is 0 Å². The Morgan fingerprint density at radius 2 is 2.15 bits per heavy atom. The number of benzene rings is 1. The molecule has 1 unspecified atom stereocenters. The third-order valence-electron chi connectivity index (χ3n) is 3.04. The molecule has 0 spiro atoms. The van der Waals surface area contributed by atoms with Crippen LogP contribution in [0.4, 0.5) is 0 Å². The number of carbonyl (C=O) groups is 1. The molecule has 5 nitrogen and oxygen atoms in total. The van der Waals surface area contributed by atoms with Crippen molar-refractivity contribution in [3.8, 4) is 0 Å². The van der Waals surface area contributed by atoms with E-state index in [0.29, 0.717) is 23.1 Å². The number of nitrogens with zero attached hydrogens (tertiary/aromatic N) is 2. The van der Waals surface area contributed by atoms with Crippen molar-refractivity contribution in [3.05, 3.63) is 40.4 Å². The van der Waals surface area contributed by atoms with Gasteiger partial charge in [-0.25, -0.2) is 4.98 Å². The maximum atomic E-state index is 12.5. The third-order valence-corrected chi connectivity index (χ3v) is 3.55. The average molecular weight is 295 g/mol. The molecular formula is C14H15ClN2O3. The van der Waals surface area contributed by atoms with Gasteiger partial charge in [0.1, 0.15) is 12.4 Å². The van der Waals surface area contributed by atoms with E-state index in [4.69, 9.17) is 11.6 Å². The van der Waals surface area contributed by atoms with Gasteiger partial charge in [-0.3, -0.25) is 14.2 Å². The van der Waals surface area contributed by atoms with Crippen LogP contribution in [0.15, 0.2) is 29.1 Å². The molecular weight excluding hydrogens is 280 g/mol. The van der Waals surface area contributed by atoms with Crippen molar-refractivity contribution in [2.75, 3.05) is 7.11 Å². The monoisotopic (exact) mass is 294 g/mol. The minimum atomic E-state index is -0.509. The summed E-state index contributed by atoms with van der Waals surface area (Å²) in [5.41, 5.74) is 0.294. The first kappa shape index (κ1) is 14.5. The lowest BCUT2D eigenvalue weighted by molar-refractivity contribution is -0.141. The molecule has 1 aromatic heterocycles. The summed E-state index contributed by atoms with van der Waals surface area (Å²) in [5.74, 6) is -0.117. The van der Waals surface area contributed by atoms with Crippen molar-refractivity contribution >= 4 is 28.5 Å². The fraction of sp³-hybridized carbons (Fsp3) is 0.357. The largest absolute Gasteiger partial charge is 0.468 e. The van der Waals surface area contributed by atoms with E-state index in [1.54, 1.807) is 24.3 Å². The number of methoxy groups -OCH3 is 1. The molecule has 0 saturated carbocycles. The van der Waals surface area contributed by atoms with Crippen LogP contribution in [0, 0.1) is 0 Å². The summed E-state index contributed by atoms with van der Waals surface area (Å²) in [6, 6.07) is 6.99. The Kier molecular flexibility index (Phi) is 4.39. The SMILES string of the molecule is CCC(Cl)c1nc2ccccc2c(=O)n1CC(=O)OC. The third kappa shape index (κ3) is 2.67. The van der Waals surface area contributed by atoms with Crippen LogP contribution in [-0.2, 0) is 16.1 Å². The maximum Gasteiger partial charge on any atom is 0.325 e. The zero-order valence-corrected chi connectivity index (χ0v) is 12.1. The van der Waals surface area contributed by atoms with Gasteiger partial charge in [0.25, 0.3) is 5.56 Å². The van der Waals surface area contributed by atoms with Crippen LogP contribution < -0.4 is 5.56 Å². The molecule has 0 bridgehead atoms. The predicted octanol–water partition coefficient (Wildman–Crippen LogP) is 2.26. The van der Waals surface area contributed by atoms with Gasteiger partial charge in [0.2, 0.25) is 0 Å². The van der Waals surface area contributed by atoms with E-state index in [1.807, 2.05) is 6.92 Å². The minimum absolute atomic E-state index is 0.189. The van der Waals surface area contributed by atoms with Crippen LogP contribution in [0.2, 0.25) is 0 Å². The van der Waals surface area contributed by atoms with Gasteiger partial charge in [-0.05, 0) is 18.6 Å².